The largest absolute Gasteiger partial charge is 0.369 e. The molecule has 4 heteroatoms. The van der Waals surface area contributed by atoms with Crippen molar-refractivity contribution in [2.75, 3.05) is 6.54 Å². The Bertz CT molecular complexity index is 807. The van der Waals surface area contributed by atoms with Gasteiger partial charge in [0.2, 0.25) is 5.91 Å². The van der Waals surface area contributed by atoms with E-state index in [-0.39, 0.29) is 11.5 Å². The summed E-state index contributed by atoms with van der Waals surface area (Å²) in [6.07, 6.45) is 10.8. The van der Waals surface area contributed by atoms with Gasteiger partial charge in [0.25, 0.3) is 0 Å². The Hall–Kier alpha value is -0.870. The molecule has 1 spiro atoms. The van der Waals surface area contributed by atoms with Gasteiger partial charge in [0.05, 0.1) is 11.7 Å². The predicted octanol–water partition coefficient (Wildman–Crippen LogP) is 4.59. The second kappa shape index (κ2) is 7.06. The van der Waals surface area contributed by atoms with Gasteiger partial charge in [-0.2, -0.15) is 0 Å². The summed E-state index contributed by atoms with van der Waals surface area (Å²) >= 11 is 0. The first-order valence-electron chi connectivity index (χ1n) is 13.2. The normalized spacial score (nSPS) is 54.0. The van der Waals surface area contributed by atoms with Gasteiger partial charge >= 0.3 is 0 Å². The van der Waals surface area contributed by atoms with Crippen molar-refractivity contribution >= 4 is 5.91 Å². The zero-order valence-electron chi connectivity index (χ0n) is 20.0. The van der Waals surface area contributed by atoms with E-state index >= 15 is 0 Å². The molecular weight excluding hydrogens is 384 g/mol. The van der Waals surface area contributed by atoms with E-state index in [4.69, 9.17) is 4.74 Å². The lowest BCUT2D eigenvalue weighted by molar-refractivity contribution is -0.130. The second-order valence-electron chi connectivity index (χ2n) is 12.6. The molecule has 0 bridgehead atoms. The van der Waals surface area contributed by atoms with E-state index in [1.807, 2.05) is 0 Å². The van der Waals surface area contributed by atoms with Crippen molar-refractivity contribution in [3.63, 3.8) is 0 Å². The van der Waals surface area contributed by atoms with E-state index in [0.29, 0.717) is 29.5 Å². The number of carbonyl (C=O) groups is 1. The quantitative estimate of drug-likeness (QED) is 0.557. The summed E-state index contributed by atoms with van der Waals surface area (Å²) < 4.78 is 7.00. The van der Waals surface area contributed by atoms with Gasteiger partial charge in [-0.15, -0.1) is 0 Å². The van der Waals surface area contributed by atoms with Gasteiger partial charge < -0.3 is 15.4 Å². The fourth-order valence-electron chi connectivity index (χ4n) is 9.27. The topological polar surface area (TPSA) is 50.4 Å². The van der Waals surface area contributed by atoms with E-state index in [0.717, 1.165) is 49.5 Å². The molecule has 6 aliphatic rings. The number of piperidine rings is 2. The summed E-state index contributed by atoms with van der Waals surface area (Å²) in [5.74, 6) is 3.92. The number of fused-ring (bicyclic) bond motifs is 6. The Morgan fingerprint density at radius 2 is 1.97 bits per heavy atom. The highest BCUT2D eigenvalue weighted by Gasteiger charge is 2.59. The Morgan fingerprint density at radius 3 is 2.81 bits per heavy atom. The molecule has 0 radical (unpaired) electrons. The molecule has 6 rings (SSSR count). The Morgan fingerprint density at radius 1 is 1.13 bits per heavy atom. The summed E-state index contributed by atoms with van der Waals surface area (Å²) in [5, 5.41) is 7.22. The van der Waals surface area contributed by atoms with E-state index < -0.39 is 0 Å². The first-order valence-corrected chi connectivity index (χ1v) is 13.2. The van der Waals surface area contributed by atoms with Crippen LogP contribution in [0.1, 0.15) is 85.5 Å². The molecule has 2 saturated carbocycles. The molecule has 10 atom stereocenters. The molecule has 0 aromatic rings. The molecule has 0 aromatic heterocycles. The Kier molecular flexibility index (Phi) is 4.72. The highest BCUT2D eigenvalue weighted by molar-refractivity contribution is 5.77. The summed E-state index contributed by atoms with van der Waals surface area (Å²) in [7, 11) is 0. The lowest BCUT2D eigenvalue weighted by Crippen LogP contribution is -2.57. The molecule has 4 nitrogen and oxygen atoms in total. The van der Waals surface area contributed by atoms with Crippen LogP contribution in [0.5, 0.6) is 0 Å². The van der Waals surface area contributed by atoms with Gasteiger partial charge in [0, 0.05) is 24.4 Å². The Balaban J connectivity index is 1.28. The third kappa shape index (κ3) is 2.96. The summed E-state index contributed by atoms with van der Waals surface area (Å²) in [6.45, 7) is 10.9. The second-order valence-corrected chi connectivity index (χ2v) is 12.6. The maximum atomic E-state index is 12.1. The monoisotopic (exact) mass is 426 g/mol. The molecule has 3 aliphatic carbocycles. The number of amides is 1. The minimum Gasteiger partial charge on any atom is -0.369 e. The number of carbonyl (C=O) groups excluding carboxylic acids is 1. The van der Waals surface area contributed by atoms with Crippen LogP contribution in [-0.2, 0) is 9.53 Å². The first kappa shape index (κ1) is 20.7. The molecule has 5 fully saturated rings. The van der Waals surface area contributed by atoms with Crippen molar-refractivity contribution < 1.29 is 9.53 Å². The van der Waals surface area contributed by atoms with Crippen molar-refractivity contribution in [3.8, 4) is 0 Å². The number of allylic oxidation sites excluding steroid dienone is 1. The molecule has 2 N–H and O–H groups in total. The number of ether oxygens (including phenoxy) is 1. The lowest BCUT2D eigenvalue weighted by atomic mass is 9.57. The SMILES string of the molecule is CC1=C2C[C@H]3[C@@H](CC[C@H]4NC(=O)CC[C@@]43C)C2CC[C@@]2(C1)O[C@@H]1C[C@H](C)CN[C@H]1[C@H]2C. The Labute approximate surface area is 188 Å². The predicted molar refractivity (Wildman–Crippen MR) is 122 cm³/mol. The summed E-state index contributed by atoms with van der Waals surface area (Å²) in [5.41, 5.74) is 3.77. The maximum absolute atomic E-state index is 12.1. The zero-order chi connectivity index (χ0) is 21.5. The molecule has 0 aromatic carbocycles. The van der Waals surface area contributed by atoms with E-state index in [1.54, 1.807) is 11.1 Å². The number of rotatable bonds is 0. The maximum Gasteiger partial charge on any atom is 0.220 e. The van der Waals surface area contributed by atoms with Crippen LogP contribution in [0, 0.1) is 35.0 Å². The minimum absolute atomic E-state index is 0.0449. The van der Waals surface area contributed by atoms with Gasteiger partial charge in [-0.1, -0.05) is 31.9 Å². The molecule has 172 valence electrons. The standard InChI is InChI=1S/C27H42N2O2/c1-15-11-22-25(28-14-15)17(3)27(31-22)10-7-18-19-5-6-23-26(4,9-8-24(30)29-23)21(19)12-20(18)16(2)13-27/h15,17-19,21-23,25,28H,5-14H2,1-4H3,(H,29,30)/t15-,17+,18?,19-,21-,22+,23+,25-,26+,27-/m0/s1. The van der Waals surface area contributed by atoms with Gasteiger partial charge in [0.1, 0.15) is 0 Å². The van der Waals surface area contributed by atoms with Crippen LogP contribution in [0.2, 0.25) is 0 Å². The third-order valence-corrected chi connectivity index (χ3v) is 11.1. The number of nitrogens with one attached hydrogen (secondary N) is 2. The minimum atomic E-state index is 0.0449. The van der Waals surface area contributed by atoms with Crippen LogP contribution in [0.3, 0.4) is 0 Å². The van der Waals surface area contributed by atoms with E-state index in [1.165, 1.54) is 38.5 Å². The molecule has 1 unspecified atom stereocenters. The van der Waals surface area contributed by atoms with E-state index in [9.17, 15) is 4.79 Å². The molecular formula is C27H42N2O2. The van der Waals surface area contributed by atoms with Crippen LogP contribution in [0.15, 0.2) is 11.1 Å². The average molecular weight is 427 g/mol. The van der Waals surface area contributed by atoms with Crippen LogP contribution in [-0.4, -0.2) is 36.2 Å². The van der Waals surface area contributed by atoms with E-state index in [2.05, 4.69) is 38.3 Å². The van der Waals surface area contributed by atoms with Crippen LogP contribution >= 0.6 is 0 Å². The molecule has 1 amide bonds. The molecule has 3 saturated heterocycles. The number of hydrogen-bond donors (Lipinski definition) is 2. The summed E-state index contributed by atoms with van der Waals surface area (Å²) in [6, 6.07) is 0.943. The molecule has 3 heterocycles. The highest BCUT2D eigenvalue weighted by Crippen LogP contribution is 2.62. The summed E-state index contributed by atoms with van der Waals surface area (Å²) in [4.78, 5) is 12.1. The van der Waals surface area contributed by atoms with Crippen LogP contribution in [0.25, 0.3) is 0 Å². The highest BCUT2D eigenvalue weighted by atomic mass is 16.5. The van der Waals surface area contributed by atoms with Crippen molar-refractivity contribution in [3.05, 3.63) is 11.1 Å². The lowest BCUT2D eigenvalue weighted by Gasteiger charge is -2.52. The van der Waals surface area contributed by atoms with Crippen molar-refractivity contribution in [1.82, 2.24) is 10.6 Å². The molecule has 3 aliphatic heterocycles. The zero-order valence-corrected chi connectivity index (χ0v) is 20.0. The van der Waals surface area contributed by atoms with Gasteiger partial charge in [-0.3, -0.25) is 4.79 Å². The molecule has 31 heavy (non-hydrogen) atoms. The number of hydrogen-bond acceptors (Lipinski definition) is 3. The van der Waals surface area contributed by atoms with Crippen molar-refractivity contribution in [2.24, 2.45) is 35.0 Å². The third-order valence-electron chi connectivity index (χ3n) is 11.1. The fourth-order valence-corrected chi connectivity index (χ4v) is 9.27. The van der Waals surface area contributed by atoms with Crippen molar-refractivity contribution in [1.29, 1.82) is 0 Å². The fraction of sp³-hybridized carbons (Fsp3) is 0.889. The smallest absolute Gasteiger partial charge is 0.220 e. The van der Waals surface area contributed by atoms with Gasteiger partial charge in [0.15, 0.2) is 0 Å². The first-order chi connectivity index (χ1) is 14.8. The van der Waals surface area contributed by atoms with Crippen LogP contribution in [0.4, 0.5) is 0 Å². The van der Waals surface area contributed by atoms with Gasteiger partial charge in [-0.05, 0) is 93.9 Å². The van der Waals surface area contributed by atoms with Gasteiger partial charge in [-0.25, -0.2) is 0 Å². The van der Waals surface area contributed by atoms with Crippen LogP contribution < -0.4 is 10.6 Å². The average Bonchev–Trinajstić information content (AvgIpc) is 3.19. The van der Waals surface area contributed by atoms with Crippen molar-refractivity contribution in [2.45, 2.75) is 109 Å².